The molecule has 0 aliphatic rings. The summed E-state index contributed by atoms with van der Waals surface area (Å²) in [5, 5.41) is 4.01. The van der Waals surface area contributed by atoms with Crippen molar-refractivity contribution >= 4 is 5.78 Å². The van der Waals surface area contributed by atoms with Crippen LogP contribution >= 0.6 is 0 Å². The quantitative estimate of drug-likeness (QED) is 0.775. The van der Waals surface area contributed by atoms with Gasteiger partial charge in [-0.25, -0.2) is 4.98 Å². The van der Waals surface area contributed by atoms with Crippen LogP contribution in [0.4, 0.5) is 0 Å². The molecule has 6 heteroatoms. The molecule has 2 rings (SSSR count). The van der Waals surface area contributed by atoms with E-state index >= 15 is 0 Å². The minimum Gasteiger partial charge on any atom is -0.476 e. The summed E-state index contributed by atoms with van der Waals surface area (Å²) in [5.74, 6) is 1.15. The first kappa shape index (κ1) is 9.85. The molecule has 15 heavy (non-hydrogen) atoms. The number of ether oxygens (including phenoxy) is 1. The summed E-state index contributed by atoms with van der Waals surface area (Å²) in [4.78, 5) is 8.20. The van der Waals surface area contributed by atoms with Crippen LogP contribution in [0.2, 0.25) is 0 Å². The Balaban J connectivity index is 2.35. The molecule has 0 fully saturated rings. The normalized spacial score (nSPS) is 13.0. The van der Waals surface area contributed by atoms with Gasteiger partial charge in [0.2, 0.25) is 5.88 Å². The van der Waals surface area contributed by atoms with Crippen molar-refractivity contribution in [3.8, 4) is 5.88 Å². The van der Waals surface area contributed by atoms with Crippen molar-refractivity contribution in [3.63, 3.8) is 0 Å². The van der Waals surface area contributed by atoms with Gasteiger partial charge in [0.15, 0.2) is 0 Å². The first-order chi connectivity index (χ1) is 7.16. The maximum absolute atomic E-state index is 5.61. The van der Waals surface area contributed by atoms with Gasteiger partial charge >= 0.3 is 0 Å². The second-order valence-corrected chi connectivity index (χ2v) is 3.50. The lowest BCUT2D eigenvalue weighted by Crippen LogP contribution is -2.24. The van der Waals surface area contributed by atoms with E-state index in [0.717, 1.165) is 5.69 Å². The Hall–Kier alpha value is -1.69. The van der Waals surface area contributed by atoms with Crippen molar-refractivity contribution in [2.24, 2.45) is 5.73 Å². The van der Waals surface area contributed by atoms with E-state index in [1.54, 1.807) is 4.52 Å². The molecule has 0 unspecified atom stereocenters. The van der Waals surface area contributed by atoms with E-state index in [2.05, 4.69) is 15.1 Å². The lowest BCUT2D eigenvalue weighted by molar-refractivity contribution is 0.277. The highest BCUT2D eigenvalue weighted by Crippen LogP contribution is 2.12. The van der Waals surface area contributed by atoms with Gasteiger partial charge < -0.3 is 10.5 Å². The molecule has 2 N–H and O–H groups in total. The fourth-order valence-corrected chi connectivity index (χ4v) is 1.22. The van der Waals surface area contributed by atoms with E-state index in [0.29, 0.717) is 18.3 Å². The van der Waals surface area contributed by atoms with Gasteiger partial charge in [-0.15, -0.1) is 0 Å². The minimum atomic E-state index is -0.0166. The van der Waals surface area contributed by atoms with Crippen LogP contribution < -0.4 is 10.5 Å². The van der Waals surface area contributed by atoms with Crippen molar-refractivity contribution in [1.82, 2.24) is 19.6 Å². The van der Waals surface area contributed by atoms with Crippen molar-refractivity contribution in [3.05, 3.63) is 18.1 Å². The predicted molar refractivity (Wildman–Crippen MR) is 54.7 cm³/mol. The molecule has 2 heterocycles. The number of hydrogen-bond donors (Lipinski definition) is 1. The van der Waals surface area contributed by atoms with Crippen molar-refractivity contribution in [2.45, 2.75) is 19.9 Å². The Morgan fingerprint density at radius 3 is 3.13 bits per heavy atom. The highest BCUT2D eigenvalue weighted by molar-refractivity contribution is 5.32. The highest BCUT2D eigenvalue weighted by Gasteiger charge is 2.06. The van der Waals surface area contributed by atoms with Crippen LogP contribution in [0, 0.1) is 6.92 Å². The van der Waals surface area contributed by atoms with Crippen LogP contribution in [-0.4, -0.2) is 32.2 Å². The maximum atomic E-state index is 5.61. The smallest absolute Gasteiger partial charge is 0.255 e. The third-order valence-electron chi connectivity index (χ3n) is 1.84. The molecule has 0 aliphatic carbocycles. The number of hydrogen-bond acceptors (Lipinski definition) is 5. The van der Waals surface area contributed by atoms with Gasteiger partial charge in [-0.05, 0) is 13.8 Å². The largest absolute Gasteiger partial charge is 0.476 e. The summed E-state index contributed by atoms with van der Waals surface area (Å²) in [6.45, 7) is 4.21. The summed E-state index contributed by atoms with van der Waals surface area (Å²) in [6, 6.07) is 1.79. The standard InChI is InChI=1S/C9H13N5O/c1-6(10)4-15-8-3-7(2)13-9-11-5-12-14(8)9/h3,5-6H,4,10H2,1-2H3/t6-/m1/s1. The van der Waals surface area contributed by atoms with Gasteiger partial charge in [0.25, 0.3) is 5.78 Å². The van der Waals surface area contributed by atoms with Gasteiger partial charge in [0.1, 0.15) is 12.9 Å². The van der Waals surface area contributed by atoms with Crippen molar-refractivity contribution in [2.75, 3.05) is 6.61 Å². The second kappa shape index (κ2) is 3.82. The topological polar surface area (TPSA) is 78.3 Å². The lowest BCUT2D eigenvalue weighted by Gasteiger charge is -2.09. The second-order valence-electron chi connectivity index (χ2n) is 3.50. The SMILES string of the molecule is Cc1cc(OC[C@@H](C)N)n2ncnc2n1. The fraction of sp³-hybridized carbons (Fsp3) is 0.444. The van der Waals surface area contributed by atoms with Crippen LogP contribution in [0.5, 0.6) is 5.88 Å². The van der Waals surface area contributed by atoms with Crippen LogP contribution in [0.25, 0.3) is 5.78 Å². The molecule has 0 saturated carbocycles. The van der Waals surface area contributed by atoms with Crippen molar-refractivity contribution < 1.29 is 4.74 Å². The van der Waals surface area contributed by atoms with Crippen LogP contribution in [0.1, 0.15) is 12.6 Å². The molecule has 0 bridgehead atoms. The number of nitrogens with zero attached hydrogens (tertiary/aromatic N) is 4. The third kappa shape index (κ3) is 2.04. The molecule has 0 aromatic carbocycles. The lowest BCUT2D eigenvalue weighted by atomic mass is 10.4. The van der Waals surface area contributed by atoms with Gasteiger partial charge in [0, 0.05) is 17.8 Å². The Kier molecular flexibility index (Phi) is 2.51. The number of fused-ring (bicyclic) bond motifs is 1. The molecular weight excluding hydrogens is 194 g/mol. The molecule has 0 amide bonds. The van der Waals surface area contributed by atoms with Crippen LogP contribution in [0.15, 0.2) is 12.4 Å². The Bertz CT molecular complexity index is 464. The Labute approximate surface area is 87.1 Å². The molecule has 0 radical (unpaired) electrons. The van der Waals surface area contributed by atoms with Crippen LogP contribution in [-0.2, 0) is 0 Å². The zero-order valence-corrected chi connectivity index (χ0v) is 8.71. The number of rotatable bonds is 3. The van der Waals surface area contributed by atoms with E-state index in [-0.39, 0.29) is 6.04 Å². The third-order valence-corrected chi connectivity index (χ3v) is 1.84. The van der Waals surface area contributed by atoms with E-state index in [1.165, 1.54) is 6.33 Å². The molecule has 80 valence electrons. The molecule has 0 aliphatic heterocycles. The van der Waals surface area contributed by atoms with Crippen molar-refractivity contribution in [1.29, 1.82) is 0 Å². The number of aryl methyl sites for hydroxylation is 1. The van der Waals surface area contributed by atoms with E-state index in [1.807, 2.05) is 19.9 Å². The highest BCUT2D eigenvalue weighted by atomic mass is 16.5. The monoisotopic (exact) mass is 207 g/mol. The molecule has 6 nitrogen and oxygen atoms in total. The molecule has 0 saturated heterocycles. The molecule has 0 spiro atoms. The van der Waals surface area contributed by atoms with Gasteiger partial charge in [-0.3, -0.25) is 0 Å². The molecule has 2 aromatic heterocycles. The first-order valence-corrected chi connectivity index (χ1v) is 4.72. The summed E-state index contributed by atoms with van der Waals surface area (Å²) in [5.41, 5.74) is 6.45. The van der Waals surface area contributed by atoms with Gasteiger partial charge in [0.05, 0.1) is 0 Å². The molecular formula is C9H13N5O. The maximum Gasteiger partial charge on any atom is 0.255 e. The van der Waals surface area contributed by atoms with E-state index in [4.69, 9.17) is 10.5 Å². The Morgan fingerprint density at radius 1 is 1.60 bits per heavy atom. The van der Waals surface area contributed by atoms with E-state index < -0.39 is 0 Å². The summed E-state index contributed by atoms with van der Waals surface area (Å²) >= 11 is 0. The van der Waals surface area contributed by atoms with E-state index in [9.17, 15) is 0 Å². The summed E-state index contributed by atoms with van der Waals surface area (Å²) < 4.78 is 7.07. The molecule has 2 aromatic rings. The number of nitrogens with two attached hydrogens (primary N) is 1. The Morgan fingerprint density at radius 2 is 2.40 bits per heavy atom. The fourth-order valence-electron chi connectivity index (χ4n) is 1.22. The average molecular weight is 207 g/mol. The molecule has 1 atom stereocenters. The van der Waals surface area contributed by atoms with Gasteiger partial charge in [-0.2, -0.15) is 14.6 Å². The number of aromatic nitrogens is 4. The minimum absolute atomic E-state index is 0.0166. The average Bonchev–Trinajstić information content (AvgIpc) is 2.61. The summed E-state index contributed by atoms with van der Waals surface area (Å²) in [7, 11) is 0. The van der Waals surface area contributed by atoms with Crippen LogP contribution in [0.3, 0.4) is 0 Å². The zero-order valence-electron chi connectivity index (χ0n) is 8.71. The predicted octanol–water partition coefficient (Wildman–Crippen LogP) is 0.159. The summed E-state index contributed by atoms with van der Waals surface area (Å²) in [6.07, 6.45) is 1.44. The van der Waals surface area contributed by atoms with Gasteiger partial charge in [-0.1, -0.05) is 0 Å². The zero-order chi connectivity index (χ0) is 10.8. The first-order valence-electron chi connectivity index (χ1n) is 4.72.